The number of pyridine rings is 1. The molecule has 0 radical (unpaired) electrons. The van der Waals surface area contributed by atoms with Crippen molar-refractivity contribution in [3.05, 3.63) is 23.4 Å². The summed E-state index contributed by atoms with van der Waals surface area (Å²) >= 11 is 5.71. The van der Waals surface area contributed by atoms with Crippen LogP contribution in [0.2, 0.25) is 5.02 Å². The molecule has 0 N–H and O–H groups in total. The monoisotopic (exact) mass is 387 g/mol. The number of ether oxygens (including phenoxy) is 1. The zero-order chi connectivity index (χ0) is 18.9. The van der Waals surface area contributed by atoms with Crippen LogP contribution in [0, 0.1) is 5.92 Å². The van der Waals surface area contributed by atoms with Gasteiger partial charge in [-0.25, -0.2) is 18.6 Å². The van der Waals surface area contributed by atoms with Crippen LogP contribution in [-0.2, 0) is 4.79 Å². The largest absolute Gasteiger partial charge is 0.416 e. The fourth-order valence-electron chi connectivity index (χ4n) is 3.39. The summed E-state index contributed by atoms with van der Waals surface area (Å²) in [5.74, 6) is -3.00. The van der Waals surface area contributed by atoms with E-state index in [1.165, 1.54) is 23.2 Å². The third-order valence-electron chi connectivity index (χ3n) is 4.66. The molecule has 1 unspecified atom stereocenters. The fraction of sp³-hybridized carbons (Fsp3) is 0.588. The van der Waals surface area contributed by atoms with Crippen molar-refractivity contribution in [2.24, 2.45) is 5.92 Å². The van der Waals surface area contributed by atoms with E-state index in [4.69, 9.17) is 16.3 Å². The molecular formula is C17H20ClF2N3O3. The Kier molecular flexibility index (Phi) is 5.32. The number of nitrogens with zero attached hydrogens (tertiary/aromatic N) is 3. The summed E-state index contributed by atoms with van der Waals surface area (Å²) < 4.78 is 33.5. The van der Waals surface area contributed by atoms with Crippen LogP contribution >= 0.6 is 11.6 Å². The molecule has 0 spiro atoms. The van der Waals surface area contributed by atoms with Crippen LogP contribution in [0.1, 0.15) is 26.2 Å². The molecule has 3 heterocycles. The number of rotatable bonds is 2. The van der Waals surface area contributed by atoms with Gasteiger partial charge < -0.3 is 9.64 Å². The number of amides is 2. The highest BCUT2D eigenvalue weighted by Gasteiger charge is 2.46. The number of halogens is 3. The maximum atomic E-state index is 14.2. The minimum Gasteiger partial charge on any atom is -0.391 e. The molecule has 0 aromatic carbocycles. The van der Waals surface area contributed by atoms with Crippen molar-refractivity contribution in [3.63, 3.8) is 0 Å². The molecule has 2 aliphatic rings. The van der Waals surface area contributed by atoms with Crippen LogP contribution in [0.25, 0.3) is 0 Å². The van der Waals surface area contributed by atoms with Gasteiger partial charge in [0, 0.05) is 38.2 Å². The van der Waals surface area contributed by atoms with Gasteiger partial charge in [-0.3, -0.25) is 9.69 Å². The number of hydrogen-bond donors (Lipinski definition) is 0. The van der Waals surface area contributed by atoms with Gasteiger partial charge in [0.25, 0.3) is 5.92 Å². The first-order chi connectivity index (χ1) is 12.2. The Balaban J connectivity index is 1.71. The van der Waals surface area contributed by atoms with Crippen LogP contribution in [-0.4, -0.2) is 58.4 Å². The van der Waals surface area contributed by atoms with E-state index in [0.717, 1.165) is 11.3 Å². The molecule has 0 bridgehead atoms. The zero-order valence-corrected chi connectivity index (χ0v) is 15.1. The number of alkyl halides is 2. The summed E-state index contributed by atoms with van der Waals surface area (Å²) in [6, 6.07) is 2.15. The van der Waals surface area contributed by atoms with Crippen LogP contribution < -0.4 is 4.74 Å². The lowest BCUT2D eigenvalue weighted by Gasteiger charge is -2.44. The van der Waals surface area contributed by atoms with E-state index < -0.39 is 31.0 Å². The molecule has 26 heavy (non-hydrogen) atoms. The van der Waals surface area contributed by atoms with E-state index in [9.17, 15) is 18.4 Å². The highest BCUT2D eigenvalue weighted by molar-refractivity contribution is 6.30. The van der Waals surface area contributed by atoms with Gasteiger partial charge in [-0.1, -0.05) is 18.5 Å². The van der Waals surface area contributed by atoms with Gasteiger partial charge in [-0.15, -0.1) is 0 Å². The second kappa shape index (κ2) is 7.34. The lowest BCUT2D eigenvalue weighted by molar-refractivity contribution is -0.144. The van der Waals surface area contributed by atoms with E-state index in [1.54, 1.807) is 0 Å². The summed E-state index contributed by atoms with van der Waals surface area (Å²) in [7, 11) is 0. The molecule has 2 atom stereocenters. The second-order valence-corrected chi connectivity index (χ2v) is 7.40. The quantitative estimate of drug-likeness (QED) is 0.781. The Morgan fingerprint density at radius 1 is 1.38 bits per heavy atom. The zero-order valence-electron chi connectivity index (χ0n) is 14.3. The number of carbonyl (C=O) groups excluding carboxylic acids is 2. The van der Waals surface area contributed by atoms with Crippen LogP contribution in [0.15, 0.2) is 18.3 Å². The van der Waals surface area contributed by atoms with E-state index in [0.29, 0.717) is 18.0 Å². The fourth-order valence-corrected chi connectivity index (χ4v) is 3.50. The smallest absolute Gasteiger partial charge is 0.391 e. The first-order valence-corrected chi connectivity index (χ1v) is 8.87. The predicted octanol–water partition coefficient (Wildman–Crippen LogP) is 3.20. The Morgan fingerprint density at radius 2 is 2.15 bits per heavy atom. The SMILES string of the molecule is CC1CCC(=O)N([C@H]2CN(C(=O)Oc3ccc(Cl)cn3)CC(F)(F)C2)C1. The summed E-state index contributed by atoms with van der Waals surface area (Å²) in [6.07, 6.45) is 1.04. The molecular weight excluding hydrogens is 368 g/mol. The average molecular weight is 388 g/mol. The molecule has 2 saturated heterocycles. The molecule has 9 heteroatoms. The van der Waals surface area contributed by atoms with Crippen molar-refractivity contribution in [1.82, 2.24) is 14.8 Å². The summed E-state index contributed by atoms with van der Waals surface area (Å²) in [4.78, 5) is 30.7. The number of hydrogen-bond acceptors (Lipinski definition) is 4. The van der Waals surface area contributed by atoms with Crippen LogP contribution in [0.4, 0.5) is 13.6 Å². The van der Waals surface area contributed by atoms with Gasteiger partial charge in [0.15, 0.2) is 0 Å². The van der Waals surface area contributed by atoms with Gasteiger partial charge in [-0.2, -0.15) is 0 Å². The lowest BCUT2D eigenvalue weighted by atomic mass is 9.94. The molecule has 0 saturated carbocycles. The third-order valence-corrected chi connectivity index (χ3v) is 4.88. The van der Waals surface area contributed by atoms with Crippen molar-refractivity contribution in [3.8, 4) is 5.88 Å². The summed E-state index contributed by atoms with van der Waals surface area (Å²) in [6.45, 7) is 1.69. The Morgan fingerprint density at radius 3 is 2.85 bits per heavy atom. The number of likely N-dealkylation sites (tertiary alicyclic amines) is 2. The van der Waals surface area contributed by atoms with Crippen molar-refractivity contribution < 1.29 is 23.1 Å². The van der Waals surface area contributed by atoms with Crippen molar-refractivity contribution in [2.75, 3.05) is 19.6 Å². The van der Waals surface area contributed by atoms with Gasteiger partial charge in [-0.05, 0) is 18.4 Å². The molecule has 1 aromatic rings. The Bertz CT molecular complexity index is 686. The molecule has 2 fully saturated rings. The normalized spacial score (nSPS) is 25.9. The minimum absolute atomic E-state index is 0.0144. The van der Waals surface area contributed by atoms with Crippen molar-refractivity contribution in [1.29, 1.82) is 0 Å². The van der Waals surface area contributed by atoms with E-state index >= 15 is 0 Å². The lowest BCUT2D eigenvalue weighted by Crippen LogP contribution is -2.59. The molecule has 2 aliphatic heterocycles. The number of aromatic nitrogens is 1. The van der Waals surface area contributed by atoms with Gasteiger partial charge in [0.05, 0.1) is 17.6 Å². The molecule has 142 valence electrons. The molecule has 0 aliphatic carbocycles. The van der Waals surface area contributed by atoms with Gasteiger partial charge >= 0.3 is 6.09 Å². The first kappa shape index (κ1) is 18.8. The minimum atomic E-state index is -3.09. The topological polar surface area (TPSA) is 62.7 Å². The number of carbonyl (C=O) groups is 2. The van der Waals surface area contributed by atoms with Crippen LogP contribution in [0.3, 0.4) is 0 Å². The van der Waals surface area contributed by atoms with Gasteiger partial charge in [0.2, 0.25) is 11.8 Å². The Labute approximate surface area is 155 Å². The average Bonchev–Trinajstić information content (AvgIpc) is 2.57. The van der Waals surface area contributed by atoms with E-state index in [2.05, 4.69) is 4.98 Å². The number of piperidine rings is 2. The summed E-state index contributed by atoms with van der Waals surface area (Å²) in [5.41, 5.74) is 0. The summed E-state index contributed by atoms with van der Waals surface area (Å²) in [5, 5.41) is 0.368. The van der Waals surface area contributed by atoms with Crippen molar-refractivity contribution >= 4 is 23.6 Å². The van der Waals surface area contributed by atoms with Gasteiger partial charge in [0.1, 0.15) is 0 Å². The van der Waals surface area contributed by atoms with E-state index in [1.807, 2.05) is 6.92 Å². The Hall–Kier alpha value is -1.96. The first-order valence-electron chi connectivity index (χ1n) is 8.49. The molecule has 2 amide bonds. The predicted molar refractivity (Wildman–Crippen MR) is 90.3 cm³/mol. The standard InChI is InChI=1S/C17H20ClF2N3O3/c1-11-2-5-15(24)23(8-11)13-6-17(19,20)10-22(9-13)16(25)26-14-4-3-12(18)7-21-14/h3-4,7,11,13H,2,5-6,8-10H2,1H3/t11?,13-/m1/s1. The highest BCUT2D eigenvalue weighted by atomic mass is 35.5. The van der Waals surface area contributed by atoms with Crippen LogP contribution in [0.5, 0.6) is 5.88 Å². The maximum Gasteiger partial charge on any atom is 0.416 e. The molecule has 3 rings (SSSR count). The maximum absolute atomic E-state index is 14.2. The van der Waals surface area contributed by atoms with E-state index in [-0.39, 0.29) is 24.2 Å². The molecule has 6 nitrogen and oxygen atoms in total. The third kappa shape index (κ3) is 4.41. The van der Waals surface area contributed by atoms with Crippen molar-refractivity contribution in [2.45, 2.75) is 38.2 Å². The highest BCUT2D eigenvalue weighted by Crippen LogP contribution is 2.32. The molecule has 1 aromatic heterocycles. The second-order valence-electron chi connectivity index (χ2n) is 6.97.